The summed E-state index contributed by atoms with van der Waals surface area (Å²) in [5.74, 6) is 0. The molecule has 0 nitrogen and oxygen atoms in total. The van der Waals surface area contributed by atoms with Crippen LogP contribution in [0.4, 0.5) is 0 Å². The Labute approximate surface area is 115 Å². The second kappa shape index (κ2) is 5.42. The summed E-state index contributed by atoms with van der Waals surface area (Å²) in [6.45, 7) is 0. The van der Waals surface area contributed by atoms with E-state index in [9.17, 15) is 0 Å². The highest BCUT2D eigenvalue weighted by atomic mass is 32.2. The van der Waals surface area contributed by atoms with Crippen molar-refractivity contribution in [2.24, 2.45) is 0 Å². The lowest BCUT2D eigenvalue weighted by Crippen LogP contribution is -1.79. The molecule has 2 aromatic carbocycles. The molecule has 2 heteroatoms. The first kappa shape index (κ1) is 11.6. The average molecular weight is 268 g/mol. The molecule has 88 valence electrons. The van der Waals surface area contributed by atoms with Gasteiger partial charge in [-0.2, -0.15) is 0 Å². The van der Waals surface area contributed by atoms with Crippen LogP contribution in [0.2, 0.25) is 0 Å². The smallest absolute Gasteiger partial charge is 0.0354 e. The summed E-state index contributed by atoms with van der Waals surface area (Å²) in [6, 6.07) is 23.4. The van der Waals surface area contributed by atoms with Gasteiger partial charge < -0.3 is 0 Å². The Morgan fingerprint density at radius 2 is 1.50 bits per heavy atom. The third kappa shape index (κ3) is 2.50. The maximum atomic E-state index is 2.19. The SMILES string of the molecule is c1ccc(Sc2ccccc2-c2cccs2)cc1. The van der Waals surface area contributed by atoms with Gasteiger partial charge in [0.25, 0.3) is 0 Å². The van der Waals surface area contributed by atoms with Gasteiger partial charge in [0.15, 0.2) is 0 Å². The lowest BCUT2D eigenvalue weighted by Gasteiger charge is -2.07. The Hall–Kier alpha value is -1.51. The predicted octanol–water partition coefficient (Wildman–Crippen LogP) is 5.57. The van der Waals surface area contributed by atoms with E-state index in [-0.39, 0.29) is 0 Å². The molecule has 0 saturated heterocycles. The average Bonchev–Trinajstić information content (AvgIpc) is 2.94. The van der Waals surface area contributed by atoms with Gasteiger partial charge in [0.05, 0.1) is 0 Å². The summed E-state index contributed by atoms with van der Waals surface area (Å²) in [5.41, 5.74) is 1.32. The van der Waals surface area contributed by atoms with Crippen molar-refractivity contribution >= 4 is 23.1 Å². The van der Waals surface area contributed by atoms with Gasteiger partial charge in [0.1, 0.15) is 0 Å². The van der Waals surface area contributed by atoms with Crippen LogP contribution in [-0.2, 0) is 0 Å². The fourth-order valence-electron chi connectivity index (χ4n) is 1.81. The molecule has 0 atom stereocenters. The molecule has 0 unspecified atom stereocenters. The van der Waals surface area contributed by atoms with Crippen LogP contribution in [0.1, 0.15) is 0 Å². The number of thiophene rings is 1. The molecular formula is C16H12S2. The highest BCUT2D eigenvalue weighted by Crippen LogP contribution is 2.37. The molecule has 3 aromatic rings. The molecule has 0 spiro atoms. The van der Waals surface area contributed by atoms with Crippen LogP contribution >= 0.6 is 23.1 Å². The van der Waals surface area contributed by atoms with Gasteiger partial charge in [-0.15, -0.1) is 11.3 Å². The second-order valence-corrected chi connectivity index (χ2v) is 5.95. The van der Waals surface area contributed by atoms with Crippen LogP contribution < -0.4 is 0 Å². The van der Waals surface area contributed by atoms with Crippen LogP contribution in [-0.4, -0.2) is 0 Å². The lowest BCUT2D eigenvalue weighted by molar-refractivity contribution is 1.41. The second-order valence-electron chi connectivity index (χ2n) is 3.89. The maximum absolute atomic E-state index is 2.19. The molecule has 0 aliphatic rings. The monoisotopic (exact) mass is 268 g/mol. The normalized spacial score (nSPS) is 10.4. The highest BCUT2D eigenvalue weighted by Gasteiger charge is 2.06. The minimum absolute atomic E-state index is 1.28. The molecule has 0 amide bonds. The molecule has 0 aliphatic carbocycles. The van der Waals surface area contributed by atoms with Crippen molar-refractivity contribution < 1.29 is 0 Å². The Kier molecular flexibility index (Phi) is 3.49. The Bertz CT molecular complexity index is 613. The van der Waals surface area contributed by atoms with Crippen LogP contribution in [0, 0.1) is 0 Å². The van der Waals surface area contributed by atoms with Gasteiger partial charge >= 0.3 is 0 Å². The van der Waals surface area contributed by atoms with Gasteiger partial charge in [-0.25, -0.2) is 0 Å². The minimum atomic E-state index is 1.28. The number of benzene rings is 2. The van der Waals surface area contributed by atoms with Crippen molar-refractivity contribution in [2.45, 2.75) is 9.79 Å². The topological polar surface area (TPSA) is 0 Å². The third-order valence-electron chi connectivity index (χ3n) is 2.64. The molecule has 1 aromatic heterocycles. The van der Waals surface area contributed by atoms with Gasteiger partial charge in [-0.3, -0.25) is 0 Å². The van der Waals surface area contributed by atoms with Crippen LogP contribution in [0.15, 0.2) is 81.9 Å². The summed E-state index contributed by atoms with van der Waals surface area (Å²) in [4.78, 5) is 3.92. The molecule has 0 radical (unpaired) electrons. The zero-order valence-electron chi connectivity index (χ0n) is 9.74. The maximum Gasteiger partial charge on any atom is 0.0354 e. The van der Waals surface area contributed by atoms with Crippen LogP contribution in [0.3, 0.4) is 0 Å². The van der Waals surface area contributed by atoms with Crippen LogP contribution in [0.25, 0.3) is 10.4 Å². The van der Waals surface area contributed by atoms with Gasteiger partial charge in [-0.1, -0.05) is 54.2 Å². The standard InChI is InChI=1S/C16H12S2/c1-2-7-13(8-3-1)18-16-10-5-4-9-14(16)15-11-6-12-17-15/h1-12H. The first-order valence-corrected chi connectivity index (χ1v) is 7.49. The summed E-state index contributed by atoms with van der Waals surface area (Å²) in [5, 5.41) is 2.12. The predicted molar refractivity (Wildman–Crippen MR) is 80.3 cm³/mol. The molecule has 0 aliphatic heterocycles. The molecule has 0 saturated carbocycles. The Morgan fingerprint density at radius 1 is 0.722 bits per heavy atom. The minimum Gasteiger partial charge on any atom is -0.144 e. The van der Waals surface area contributed by atoms with Gasteiger partial charge in [0.2, 0.25) is 0 Å². The summed E-state index contributed by atoms with van der Waals surface area (Å²) in [6.07, 6.45) is 0. The van der Waals surface area contributed by atoms with Gasteiger partial charge in [0, 0.05) is 20.2 Å². The third-order valence-corrected chi connectivity index (χ3v) is 4.63. The van der Waals surface area contributed by atoms with Crippen molar-refractivity contribution in [3.05, 3.63) is 72.1 Å². The van der Waals surface area contributed by atoms with E-state index < -0.39 is 0 Å². The first-order valence-electron chi connectivity index (χ1n) is 5.79. The van der Waals surface area contributed by atoms with Crippen molar-refractivity contribution in [3.8, 4) is 10.4 Å². The van der Waals surface area contributed by atoms with Crippen molar-refractivity contribution in [1.82, 2.24) is 0 Å². The zero-order chi connectivity index (χ0) is 12.2. The Balaban J connectivity index is 1.98. The largest absolute Gasteiger partial charge is 0.144 e. The fraction of sp³-hybridized carbons (Fsp3) is 0. The highest BCUT2D eigenvalue weighted by molar-refractivity contribution is 7.99. The van der Waals surface area contributed by atoms with Crippen molar-refractivity contribution in [1.29, 1.82) is 0 Å². The van der Waals surface area contributed by atoms with E-state index >= 15 is 0 Å². The van der Waals surface area contributed by atoms with E-state index in [4.69, 9.17) is 0 Å². The first-order chi connectivity index (χ1) is 8.93. The van der Waals surface area contributed by atoms with Gasteiger partial charge in [-0.05, 0) is 29.6 Å². The fourth-order valence-corrected chi connectivity index (χ4v) is 3.62. The molecule has 3 rings (SSSR count). The Morgan fingerprint density at radius 3 is 2.28 bits per heavy atom. The van der Waals surface area contributed by atoms with Crippen molar-refractivity contribution in [2.75, 3.05) is 0 Å². The molecule has 0 N–H and O–H groups in total. The van der Waals surface area contributed by atoms with Crippen molar-refractivity contribution in [3.63, 3.8) is 0 Å². The number of rotatable bonds is 3. The quantitative estimate of drug-likeness (QED) is 0.598. The number of hydrogen-bond acceptors (Lipinski definition) is 2. The van der Waals surface area contributed by atoms with E-state index in [1.807, 2.05) is 11.8 Å². The summed E-state index contributed by atoms with van der Waals surface area (Å²) >= 11 is 3.61. The number of hydrogen-bond donors (Lipinski definition) is 0. The van der Waals surface area contributed by atoms with E-state index in [0.717, 1.165) is 0 Å². The van der Waals surface area contributed by atoms with E-state index in [1.165, 1.54) is 20.2 Å². The van der Waals surface area contributed by atoms with Crippen LogP contribution in [0.5, 0.6) is 0 Å². The molecule has 18 heavy (non-hydrogen) atoms. The van der Waals surface area contributed by atoms with E-state index in [0.29, 0.717) is 0 Å². The van der Waals surface area contributed by atoms with E-state index in [2.05, 4.69) is 72.1 Å². The molecule has 1 heterocycles. The molecule has 0 bridgehead atoms. The van der Waals surface area contributed by atoms with E-state index in [1.54, 1.807) is 11.3 Å². The molecular weight excluding hydrogens is 256 g/mol. The summed E-state index contributed by atoms with van der Waals surface area (Å²) < 4.78 is 0. The summed E-state index contributed by atoms with van der Waals surface area (Å²) in [7, 11) is 0. The molecule has 0 fully saturated rings. The zero-order valence-corrected chi connectivity index (χ0v) is 11.4. The lowest BCUT2D eigenvalue weighted by atomic mass is 10.2.